The fraction of sp³-hybridized carbons (Fsp3) is 0.421. The van der Waals surface area contributed by atoms with E-state index >= 15 is 0 Å². The number of benzene rings is 3. The van der Waals surface area contributed by atoms with Gasteiger partial charge in [-0.1, -0.05) is 92.7 Å². The summed E-state index contributed by atoms with van der Waals surface area (Å²) in [6.07, 6.45) is 3.37. The third-order valence-corrected chi connectivity index (χ3v) is 7.78. The molecular formula is C38H47NO7. The Hall–Kier alpha value is -4.14. The highest BCUT2D eigenvalue weighted by Crippen LogP contribution is 2.29. The number of oxime groups is 1. The maximum atomic E-state index is 12.7. The molecule has 0 radical (unpaired) electrons. The zero-order valence-electron chi connectivity index (χ0n) is 27.5. The van der Waals surface area contributed by atoms with E-state index in [9.17, 15) is 4.79 Å². The van der Waals surface area contributed by atoms with Crippen LogP contribution in [0.4, 0.5) is 0 Å². The Morgan fingerprint density at radius 1 is 0.870 bits per heavy atom. The Labute approximate surface area is 273 Å². The summed E-state index contributed by atoms with van der Waals surface area (Å²) in [5.74, 6) is 1.54. The molecule has 8 nitrogen and oxygen atoms in total. The lowest BCUT2D eigenvalue weighted by molar-refractivity contribution is -0.152. The quantitative estimate of drug-likeness (QED) is 0.0654. The summed E-state index contributed by atoms with van der Waals surface area (Å²) < 4.78 is 29.7. The van der Waals surface area contributed by atoms with Crippen molar-refractivity contribution in [3.63, 3.8) is 0 Å². The second-order valence-electron chi connectivity index (χ2n) is 11.9. The van der Waals surface area contributed by atoms with E-state index in [1.807, 2.05) is 91.9 Å². The Morgan fingerprint density at radius 2 is 1.54 bits per heavy atom. The Kier molecular flexibility index (Phi) is 13.7. The van der Waals surface area contributed by atoms with Gasteiger partial charge >= 0.3 is 5.97 Å². The van der Waals surface area contributed by atoms with Gasteiger partial charge < -0.3 is 28.5 Å². The lowest BCUT2D eigenvalue weighted by Crippen LogP contribution is -2.40. The number of methoxy groups -OCH3 is 1. The van der Waals surface area contributed by atoms with Crippen molar-refractivity contribution >= 4 is 11.7 Å². The molecule has 0 saturated carbocycles. The zero-order chi connectivity index (χ0) is 32.7. The molecule has 1 aliphatic rings. The van der Waals surface area contributed by atoms with Crippen molar-refractivity contribution in [2.45, 2.75) is 71.6 Å². The third-order valence-electron chi connectivity index (χ3n) is 7.78. The maximum Gasteiger partial charge on any atom is 0.306 e. The van der Waals surface area contributed by atoms with Crippen molar-refractivity contribution < 1.29 is 33.3 Å². The zero-order valence-corrected chi connectivity index (χ0v) is 27.5. The largest absolute Gasteiger partial charge is 0.497 e. The molecule has 0 bridgehead atoms. The smallest absolute Gasteiger partial charge is 0.306 e. The minimum Gasteiger partial charge on any atom is -0.497 e. The first-order chi connectivity index (χ1) is 22.3. The summed E-state index contributed by atoms with van der Waals surface area (Å²) in [6.45, 7) is 9.28. The Bertz CT molecular complexity index is 1380. The molecule has 4 rings (SSSR count). The summed E-state index contributed by atoms with van der Waals surface area (Å²) in [5, 5.41) is 4.25. The van der Waals surface area contributed by atoms with E-state index in [2.05, 4.69) is 38.1 Å². The van der Waals surface area contributed by atoms with Gasteiger partial charge in [-0.2, -0.15) is 0 Å². The van der Waals surface area contributed by atoms with Gasteiger partial charge in [0.1, 0.15) is 43.0 Å². The van der Waals surface area contributed by atoms with Gasteiger partial charge in [-0.3, -0.25) is 4.79 Å². The fourth-order valence-electron chi connectivity index (χ4n) is 5.25. The van der Waals surface area contributed by atoms with Crippen molar-refractivity contribution in [3.8, 4) is 11.5 Å². The molecule has 0 amide bonds. The molecule has 0 aliphatic carbocycles. The standard InChI is InChI=1S/C38H47NO7/c1-27(2)38(43-25-30-12-8-6-9-13-30)28(3)24-44-39-29(4)16-23-37(40)42-26-36-35(45-33-19-17-32(41-5)18-20-33)22-21-34(46-36)31-14-10-7-11-15-31/h6-15,17-22,27-28,34-36,38H,16,23-26H2,1-5H3/b39-29+/t28-,34+,35+,36-,38-/m1/s1. The predicted octanol–water partition coefficient (Wildman–Crippen LogP) is 7.73. The lowest BCUT2D eigenvalue weighted by Gasteiger charge is -2.32. The minimum atomic E-state index is -0.501. The lowest BCUT2D eigenvalue weighted by atomic mass is 9.95. The molecule has 46 heavy (non-hydrogen) atoms. The number of ether oxygens (including phenoxy) is 5. The average molecular weight is 630 g/mol. The predicted molar refractivity (Wildman–Crippen MR) is 179 cm³/mol. The molecule has 0 N–H and O–H groups in total. The molecule has 246 valence electrons. The fourth-order valence-corrected chi connectivity index (χ4v) is 5.25. The number of nitrogens with zero attached hydrogens (tertiary/aromatic N) is 1. The second-order valence-corrected chi connectivity index (χ2v) is 11.9. The number of hydrogen-bond donors (Lipinski definition) is 0. The number of carbonyl (C=O) groups excluding carboxylic acids is 1. The molecule has 3 aromatic carbocycles. The topological polar surface area (TPSA) is 84.8 Å². The minimum absolute atomic E-state index is 0.0292. The highest BCUT2D eigenvalue weighted by Gasteiger charge is 2.31. The molecular weight excluding hydrogens is 582 g/mol. The van der Waals surface area contributed by atoms with Crippen molar-refractivity contribution in [2.75, 3.05) is 20.3 Å². The van der Waals surface area contributed by atoms with E-state index in [1.165, 1.54) is 0 Å². The van der Waals surface area contributed by atoms with E-state index in [1.54, 1.807) is 7.11 Å². The Balaban J connectivity index is 1.25. The monoisotopic (exact) mass is 629 g/mol. The van der Waals surface area contributed by atoms with Crippen LogP contribution in [0, 0.1) is 11.8 Å². The van der Waals surface area contributed by atoms with Gasteiger partial charge in [-0.15, -0.1) is 0 Å². The van der Waals surface area contributed by atoms with Crippen LogP contribution < -0.4 is 9.47 Å². The first kappa shape index (κ1) is 34.7. The van der Waals surface area contributed by atoms with Crippen LogP contribution in [0.15, 0.2) is 102 Å². The van der Waals surface area contributed by atoms with E-state index in [-0.39, 0.29) is 37.1 Å². The Morgan fingerprint density at radius 3 is 2.22 bits per heavy atom. The van der Waals surface area contributed by atoms with Crippen LogP contribution >= 0.6 is 0 Å². The summed E-state index contributed by atoms with van der Waals surface area (Å²) in [5.41, 5.74) is 2.88. The van der Waals surface area contributed by atoms with Crippen molar-refractivity contribution in [3.05, 3.63) is 108 Å². The van der Waals surface area contributed by atoms with Crippen LogP contribution in [0.3, 0.4) is 0 Å². The van der Waals surface area contributed by atoms with Crippen LogP contribution in [0.5, 0.6) is 11.5 Å². The average Bonchev–Trinajstić information content (AvgIpc) is 3.08. The van der Waals surface area contributed by atoms with E-state index in [0.717, 1.165) is 22.6 Å². The maximum absolute atomic E-state index is 12.7. The molecule has 0 saturated heterocycles. The molecule has 8 heteroatoms. The summed E-state index contributed by atoms with van der Waals surface area (Å²) >= 11 is 0. The van der Waals surface area contributed by atoms with Crippen molar-refractivity contribution in [1.82, 2.24) is 0 Å². The molecule has 1 heterocycles. The molecule has 5 atom stereocenters. The number of carbonyl (C=O) groups is 1. The first-order valence-electron chi connectivity index (χ1n) is 16.0. The van der Waals surface area contributed by atoms with E-state index in [4.69, 9.17) is 28.5 Å². The van der Waals surface area contributed by atoms with Crippen molar-refractivity contribution in [2.24, 2.45) is 17.0 Å². The molecule has 0 aromatic heterocycles. The molecule has 0 spiro atoms. The van der Waals surface area contributed by atoms with Crippen LogP contribution in [-0.2, 0) is 30.4 Å². The SMILES string of the molecule is COc1ccc(O[C@H]2C=C[C@@H](c3ccccc3)O[C@@H]2COC(=O)CC/C(C)=N/OC[C@@H](C)[C@H](OCc2ccccc2)C(C)C)cc1. The van der Waals surface area contributed by atoms with Gasteiger partial charge in [-0.05, 0) is 60.7 Å². The van der Waals surface area contributed by atoms with E-state index in [0.29, 0.717) is 31.3 Å². The molecule has 0 fully saturated rings. The number of esters is 1. The number of hydrogen-bond acceptors (Lipinski definition) is 8. The number of rotatable bonds is 17. The van der Waals surface area contributed by atoms with E-state index < -0.39 is 12.2 Å². The van der Waals surface area contributed by atoms with Crippen LogP contribution in [0.2, 0.25) is 0 Å². The van der Waals surface area contributed by atoms with Gasteiger partial charge in [0.25, 0.3) is 0 Å². The molecule has 0 unspecified atom stereocenters. The van der Waals surface area contributed by atoms with Gasteiger partial charge in [0, 0.05) is 5.92 Å². The normalized spacial score (nSPS) is 19.3. The summed E-state index contributed by atoms with van der Waals surface area (Å²) in [4.78, 5) is 18.4. The highest BCUT2D eigenvalue weighted by atomic mass is 16.6. The summed E-state index contributed by atoms with van der Waals surface area (Å²) in [7, 11) is 1.62. The van der Waals surface area contributed by atoms with Gasteiger partial charge in [0.15, 0.2) is 0 Å². The van der Waals surface area contributed by atoms with Crippen molar-refractivity contribution in [1.29, 1.82) is 0 Å². The van der Waals surface area contributed by atoms with Gasteiger partial charge in [0.05, 0.1) is 32.0 Å². The van der Waals surface area contributed by atoms with Gasteiger partial charge in [-0.25, -0.2) is 0 Å². The molecule has 1 aliphatic heterocycles. The third kappa shape index (κ3) is 11.0. The second kappa shape index (κ2) is 18.1. The first-order valence-corrected chi connectivity index (χ1v) is 16.0. The van der Waals surface area contributed by atoms with Crippen LogP contribution in [0.1, 0.15) is 57.8 Å². The van der Waals surface area contributed by atoms with Crippen LogP contribution in [0.25, 0.3) is 0 Å². The highest BCUT2D eigenvalue weighted by molar-refractivity contribution is 5.85. The van der Waals surface area contributed by atoms with Gasteiger partial charge in [0.2, 0.25) is 0 Å². The van der Waals surface area contributed by atoms with Crippen LogP contribution in [-0.4, -0.2) is 50.3 Å². The molecule has 3 aromatic rings. The summed E-state index contributed by atoms with van der Waals surface area (Å²) in [6, 6.07) is 27.4.